The maximum atomic E-state index is 11.7. The van der Waals surface area contributed by atoms with Crippen LogP contribution in [0, 0.1) is 12.8 Å². The molecular formula is C15H21N5O2S. The fourth-order valence-corrected chi connectivity index (χ4v) is 3.89. The summed E-state index contributed by atoms with van der Waals surface area (Å²) in [5.74, 6) is 0.986. The average molecular weight is 335 g/mol. The quantitative estimate of drug-likeness (QED) is 0.911. The van der Waals surface area contributed by atoms with Crippen LogP contribution in [-0.4, -0.2) is 52.0 Å². The minimum absolute atomic E-state index is 0.279. The molecule has 0 saturated carbocycles. The van der Waals surface area contributed by atoms with Gasteiger partial charge in [-0.05, 0) is 32.1 Å². The molecule has 0 bridgehead atoms. The lowest BCUT2D eigenvalue weighted by atomic mass is 9.95. The number of piperidine rings is 1. The van der Waals surface area contributed by atoms with Crippen LogP contribution < -0.4 is 0 Å². The zero-order valence-electron chi connectivity index (χ0n) is 13.4. The van der Waals surface area contributed by atoms with Crippen molar-refractivity contribution < 1.29 is 8.42 Å². The van der Waals surface area contributed by atoms with E-state index in [4.69, 9.17) is 0 Å². The van der Waals surface area contributed by atoms with Crippen molar-refractivity contribution in [2.75, 3.05) is 19.3 Å². The van der Waals surface area contributed by atoms with Crippen molar-refractivity contribution in [3.05, 3.63) is 30.0 Å². The van der Waals surface area contributed by atoms with Gasteiger partial charge in [0.2, 0.25) is 10.0 Å². The molecule has 1 aliphatic rings. The van der Waals surface area contributed by atoms with Crippen molar-refractivity contribution in [2.24, 2.45) is 5.92 Å². The van der Waals surface area contributed by atoms with Crippen LogP contribution in [-0.2, 0) is 16.4 Å². The average Bonchev–Trinajstić information content (AvgIpc) is 2.94. The molecule has 2 aromatic heterocycles. The number of sulfonamides is 1. The van der Waals surface area contributed by atoms with E-state index in [1.54, 1.807) is 22.9 Å². The van der Waals surface area contributed by atoms with Crippen molar-refractivity contribution in [3.8, 4) is 11.5 Å². The minimum atomic E-state index is -3.12. The van der Waals surface area contributed by atoms with Crippen molar-refractivity contribution in [3.63, 3.8) is 0 Å². The molecular weight excluding hydrogens is 314 g/mol. The number of aromatic nitrogens is 4. The Bertz CT molecular complexity index is 787. The monoisotopic (exact) mass is 335 g/mol. The molecule has 124 valence electrons. The number of hydrogen-bond donors (Lipinski definition) is 1. The Labute approximate surface area is 136 Å². The summed E-state index contributed by atoms with van der Waals surface area (Å²) in [6.07, 6.45) is 9.10. The second-order valence-corrected chi connectivity index (χ2v) is 8.13. The number of H-pyrrole nitrogens is 1. The van der Waals surface area contributed by atoms with Gasteiger partial charge < -0.3 is 4.98 Å². The molecule has 0 unspecified atom stereocenters. The summed E-state index contributed by atoms with van der Waals surface area (Å²) in [6, 6.07) is 0. The Hall–Kier alpha value is -1.80. The molecule has 3 rings (SSSR count). The first-order chi connectivity index (χ1) is 10.9. The van der Waals surface area contributed by atoms with Crippen LogP contribution in [0.15, 0.2) is 18.6 Å². The number of imidazole rings is 1. The number of aromatic amines is 1. The summed E-state index contributed by atoms with van der Waals surface area (Å²) in [5, 5.41) is 0. The highest BCUT2D eigenvalue weighted by Crippen LogP contribution is 2.22. The molecule has 1 atom stereocenters. The third-order valence-electron chi connectivity index (χ3n) is 4.08. The lowest BCUT2D eigenvalue weighted by Crippen LogP contribution is -2.39. The van der Waals surface area contributed by atoms with Gasteiger partial charge >= 0.3 is 0 Å². The third kappa shape index (κ3) is 3.94. The van der Waals surface area contributed by atoms with E-state index in [0.29, 0.717) is 24.6 Å². The predicted octanol–water partition coefficient (Wildman–Crippen LogP) is 1.39. The van der Waals surface area contributed by atoms with Gasteiger partial charge in [-0.1, -0.05) is 0 Å². The highest BCUT2D eigenvalue weighted by Gasteiger charge is 2.26. The molecule has 0 amide bonds. The molecule has 0 aliphatic carbocycles. The van der Waals surface area contributed by atoms with Crippen LogP contribution in [0.4, 0.5) is 0 Å². The molecule has 8 heteroatoms. The summed E-state index contributed by atoms with van der Waals surface area (Å²) < 4.78 is 25.0. The van der Waals surface area contributed by atoms with Crippen LogP contribution in [0.2, 0.25) is 0 Å². The summed E-state index contributed by atoms with van der Waals surface area (Å²) in [7, 11) is -3.12. The fourth-order valence-electron chi connectivity index (χ4n) is 2.95. The van der Waals surface area contributed by atoms with Crippen LogP contribution >= 0.6 is 0 Å². The maximum absolute atomic E-state index is 11.7. The molecule has 1 aliphatic heterocycles. The predicted molar refractivity (Wildman–Crippen MR) is 87.2 cm³/mol. The SMILES string of the molecule is Cc1cnc(-c2cncc(C[C@H]3CCCN(S(C)(=O)=O)C3)n2)[nH]1. The minimum Gasteiger partial charge on any atom is -0.341 e. The van der Waals surface area contributed by atoms with Crippen molar-refractivity contribution in [1.29, 1.82) is 0 Å². The number of nitrogens with zero attached hydrogens (tertiary/aromatic N) is 4. The Kier molecular flexibility index (Phi) is 4.45. The summed E-state index contributed by atoms with van der Waals surface area (Å²) in [6.45, 7) is 3.12. The van der Waals surface area contributed by atoms with Gasteiger partial charge in [-0.3, -0.25) is 4.98 Å². The summed E-state index contributed by atoms with van der Waals surface area (Å²) in [5.41, 5.74) is 2.56. The zero-order chi connectivity index (χ0) is 16.4. The summed E-state index contributed by atoms with van der Waals surface area (Å²) >= 11 is 0. The molecule has 0 aromatic carbocycles. The second kappa shape index (κ2) is 6.37. The first-order valence-electron chi connectivity index (χ1n) is 7.70. The van der Waals surface area contributed by atoms with E-state index in [0.717, 1.165) is 30.7 Å². The van der Waals surface area contributed by atoms with Gasteiger partial charge in [0.25, 0.3) is 0 Å². The van der Waals surface area contributed by atoms with Crippen LogP contribution in [0.25, 0.3) is 11.5 Å². The summed E-state index contributed by atoms with van der Waals surface area (Å²) in [4.78, 5) is 16.3. The van der Waals surface area contributed by atoms with Crippen molar-refractivity contribution >= 4 is 10.0 Å². The molecule has 2 aromatic rings. The van der Waals surface area contributed by atoms with Gasteiger partial charge in [-0.25, -0.2) is 22.7 Å². The van der Waals surface area contributed by atoms with Crippen LogP contribution in [0.5, 0.6) is 0 Å². The smallest absolute Gasteiger partial charge is 0.211 e. The van der Waals surface area contributed by atoms with E-state index < -0.39 is 10.0 Å². The van der Waals surface area contributed by atoms with E-state index in [9.17, 15) is 8.42 Å². The number of nitrogens with one attached hydrogen (secondary N) is 1. The van der Waals surface area contributed by atoms with Crippen molar-refractivity contribution in [2.45, 2.75) is 26.2 Å². The van der Waals surface area contributed by atoms with Crippen LogP contribution in [0.3, 0.4) is 0 Å². The van der Waals surface area contributed by atoms with Gasteiger partial charge in [0.05, 0.1) is 18.1 Å². The standard InChI is InChI=1S/C15H21N5O2S/c1-11-7-17-15(18-11)14-9-16-8-13(19-14)6-12-4-3-5-20(10-12)23(2,21)22/h7-9,12H,3-6,10H2,1-2H3,(H,17,18)/t12-/m1/s1. The second-order valence-electron chi connectivity index (χ2n) is 6.14. The van der Waals surface area contributed by atoms with E-state index in [1.165, 1.54) is 6.26 Å². The molecule has 0 radical (unpaired) electrons. The largest absolute Gasteiger partial charge is 0.341 e. The lowest BCUT2D eigenvalue weighted by molar-refractivity contribution is 0.265. The molecule has 3 heterocycles. The molecule has 1 N–H and O–H groups in total. The molecule has 7 nitrogen and oxygen atoms in total. The van der Waals surface area contributed by atoms with Gasteiger partial charge in [0.1, 0.15) is 5.69 Å². The van der Waals surface area contributed by atoms with Crippen molar-refractivity contribution in [1.82, 2.24) is 24.2 Å². The fraction of sp³-hybridized carbons (Fsp3) is 0.533. The number of aryl methyl sites for hydroxylation is 1. The van der Waals surface area contributed by atoms with Crippen LogP contribution in [0.1, 0.15) is 24.2 Å². The molecule has 1 saturated heterocycles. The third-order valence-corrected chi connectivity index (χ3v) is 5.35. The first kappa shape index (κ1) is 16.1. The Morgan fingerprint density at radius 3 is 2.87 bits per heavy atom. The van der Waals surface area contributed by atoms with Gasteiger partial charge in [0, 0.05) is 31.2 Å². The zero-order valence-corrected chi connectivity index (χ0v) is 14.2. The molecule has 1 fully saturated rings. The van der Waals surface area contributed by atoms with E-state index in [1.807, 2.05) is 6.92 Å². The first-order valence-corrected chi connectivity index (χ1v) is 9.54. The Morgan fingerprint density at radius 2 is 2.17 bits per heavy atom. The number of rotatable bonds is 4. The molecule has 0 spiro atoms. The maximum Gasteiger partial charge on any atom is 0.211 e. The normalized spacial score (nSPS) is 19.8. The van der Waals surface area contributed by atoms with Gasteiger partial charge in [-0.15, -0.1) is 0 Å². The lowest BCUT2D eigenvalue weighted by Gasteiger charge is -2.30. The number of hydrogen-bond acceptors (Lipinski definition) is 5. The topological polar surface area (TPSA) is 91.8 Å². The van der Waals surface area contributed by atoms with E-state index in [2.05, 4.69) is 19.9 Å². The van der Waals surface area contributed by atoms with Gasteiger partial charge in [0.15, 0.2) is 5.82 Å². The Morgan fingerprint density at radius 1 is 1.35 bits per heavy atom. The van der Waals surface area contributed by atoms with E-state index in [-0.39, 0.29) is 5.92 Å². The highest BCUT2D eigenvalue weighted by atomic mass is 32.2. The Balaban J connectivity index is 1.73. The molecule has 23 heavy (non-hydrogen) atoms. The van der Waals surface area contributed by atoms with E-state index >= 15 is 0 Å². The van der Waals surface area contributed by atoms with Gasteiger partial charge in [-0.2, -0.15) is 0 Å². The highest BCUT2D eigenvalue weighted by molar-refractivity contribution is 7.88.